The Labute approximate surface area is 123 Å². The lowest BCUT2D eigenvalue weighted by Gasteiger charge is -2.12. The minimum atomic E-state index is -0.0606. The number of anilines is 1. The van der Waals surface area contributed by atoms with Gasteiger partial charge in [-0.25, -0.2) is 0 Å². The van der Waals surface area contributed by atoms with Crippen molar-refractivity contribution in [2.24, 2.45) is 0 Å². The maximum atomic E-state index is 12.8. The van der Waals surface area contributed by atoms with E-state index in [2.05, 4.69) is 10.4 Å². The molecule has 0 bridgehead atoms. The number of nitrogens with zero attached hydrogens (tertiary/aromatic N) is 2. The van der Waals surface area contributed by atoms with Crippen LogP contribution in [0.3, 0.4) is 0 Å². The van der Waals surface area contributed by atoms with E-state index in [4.69, 9.17) is 4.74 Å². The third-order valence-corrected chi connectivity index (χ3v) is 3.77. The Bertz CT molecular complexity index is 689. The molecule has 5 heteroatoms. The molecule has 1 aliphatic heterocycles. The molecular formula is C16H19N3O2. The van der Waals surface area contributed by atoms with Crippen molar-refractivity contribution < 1.29 is 9.53 Å². The number of fused-ring (bicyclic) bond motifs is 1. The summed E-state index contributed by atoms with van der Waals surface area (Å²) in [6, 6.07) is 5.92. The van der Waals surface area contributed by atoms with Gasteiger partial charge in [0.2, 0.25) is 5.78 Å². The average Bonchev–Trinajstić information content (AvgIpc) is 3.11. The number of hydrogen-bond acceptors (Lipinski definition) is 4. The third-order valence-electron chi connectivity index (χ3n) is 3.77. The molecule has 0 spiro atoms. The van der Waals surface area contributed by atoms with Crippen LogP contribution < -0.4 is 10.1 Å². The molecule has 0 aliphatic carbocycles. The predicted molar refractivity (Wildman–Crippen MR) is 81.2 cm³/mol. The number of aromatic nitrogens is 2. The predicted octanol–water partition coefficient (Wildman–Crippen LogP) is 2.67. The molecule has 5 nitrogen and oxygen atoms in total. The van der Waals surface area contributed by atoms with Gasteiger partial charge >= 0.3 is 0 Å². The van der Waals surface area contributed by atoms with Gasteiger partial charge in [0.15, 0.2) is 11.4 Å². The number of carbonyl (C=O) groups excluding carboxylic acids is 1. The first-order chi connectivity index (χ1) is 10.1. The Morgan fingerprint density at radius 1 is 1.43 bits per heavy atom. The first kappa shape index (κ1) is 13.7. The van der Waals surface area contributed by atoms with E-state index in [-0.39, 0.29) is 11.8 Å². The number of nitrogens with one attached hydrogen (secondary N) is 1. The number of methoxy groups -OCH3 is 1. The molecule has 1 N–H and O–H groups in total. The molecule has 0 amide bonds. The summed E-state index contributed by atoms with van der Waals surface area (Å²) in [5, 5.41) is 7.56. The van der Waals surface area contributed by atoms with Crippen LogP contribution in [0.15, 0.2) is 24.4 Å². The number of benzene rings is 1. The van der Waals surface area contributed by atoms with Crippen molar-refractivity contribution in [2.45, 2.75) is 26.3 Å². The quantitative estimate of drug-likeness (QED) is 0.877. The van der Waals surface area contributed by atoms with Gasteiger partial charge in [0.1, 0.15) is 0 Å². The zero-order valence-electron chi connectivity index (χ0n) is 12.5. The van der Waals surface area contributed by atoms with Crippen LogP contribution in [0, 0.1) is 0 Å². The summed E-state index contributed by atoms with van der Waals surface area (Å²) in [4.78, 5) is 12.8. The summed E-state index contributed by atoms with van der Waals surface area (Å²) in [5.74, 6) is 0.455. The fourth-order valence-corrected chi connectivity index (χ4v) is 2.67. The average molecular weight is 285 g/mol. The highest BCUT2D eigenvalue weighted by Crippen LogP contribution is 2.28. The molecule has 2 aromatic rings. The van der Waals surface area contributed by atoms with Gasteiger partial charge in [-0.2, -0.15) is 5.10 Å². The highest BCUT2D eigenvalue weighted by atomic mass is 16.5. The van der Waals surface area contributed by atoms with Crippen LogP contribution in [0.1, 0.15) is 41.5 Å². The summed E-state index contributed by atoms with van der Waals surface area (Å²) >= 11 is 0. The monoisotopic (exact) mass is 285 g/mol. The Morgan fingerprint density at radius 2 is 2.24 bits per heavy atom. The molecule has 1 aromatic heterocycles. The van der Waals surface area contributed by atoms with Crippen molar-refractivity contribution in [3.05, 3.63) is 41.2 Å². The molecule has 1 aliphatic rings. The van der Waals surface area contributed by atoms with E-state index < -0.39 is 0 Å². The van der Waals surface area contributed by atoms with Crippen LogP contribution in [0.5, 0.6) is 5.75 Å². The number of hydrogen-bond donors (Lipinski definition) is 1. The summed E-state index contributed by atoms with van der Waals surface area (Å²) < 4.78 is 7.00. The van der Waals surface area contributed by atoms with Gasteiger partial charge in [0.25, 0.3) is 0 Å². The number of ketones is 1. The fourth-order valence-electron chi connectivity index (χ4n) is 2.67. The van der Waals surface area contributed by atoms with Gasteiger partial charge in [0, 0.05) is 23.8 Å². The van der Waals surface area contributed by atoms with Crippen LogP contribution in [0.2, 0.25) is 0 Å². The SMILES string of the molecule is COc1cnn(C(C)C)c1C(=O)c1ccc2c(c1)NCC2. The van der Waals surface area contributed by atoms with Gasteiger partial charge in [-0.3, -0.25) is 9.48 Å². The van der Waals surface area contributed by atoms with Gasteiger partial charge in [-0.1, -0.05) is 12.1 Å². The molecule has 0 atom stereocenters. The van der Waals surface area contributed by atoms with E-state index in [0.29, 0.717) is 17.0 Å². The zero-order chi connectivity index (χ0) is 15.0. The molecule has 1 aromatic carbocycles. The largest absolute Gasteiger partial charge is 0.493 e. The number of ether oxygens (including phenoxy) is 1. The van der Waals surface area contributed by atoms with Crippen LogP contribution in [-0.2, 0) is 6.42 Å². The molecule has 0 saturated carbocycles. The van der Waals surface area contributed by atoms with Crippen molar-refractivity contribution in [3.8, 4) is 5.75 Å². The standard InChI is InChI=1S/C16H19N3O2/c1-10(2)19-15(14(21-3)9-18-19)16(20)12-5-4-11-6-7-17-13(11)8-12/h4-5,8-10,17H,6-7H2,1-3H3. The Kier molecular flexibility index (Phi) is 3.41. The first-order valence-electron chi connectivity index (χ1n) is 7.15. The topological polar surface area (TPSA) is 56.2 Å². The van der Waals surface area contributed by atoms with E-state index in [0.717, 1.165) is 18.7 Å². The highest BCUT2D eigenvalue weighted by molar-refractivity contribution is 6.10. The minimum Gasteiger partial charge on any atom is -0.493 e. The second-order valence-electron chi connectivity index (χ2n) is 5.48. The number of carbonyl (C=O) groups is 1. The van der Waals surface area contributed by atoms with E-state index >= 15 is 0 Å². The van der Waals surface area contributed by atoms with Gasteiger partial charge < -0.3 is 10.1 Å². The summed E-state index contributed by atoms with van der Waals surface area (Å²) in [7, 11) is 1.56. The van der Waals surface area contributed by atoms with Gasteiger partial charge in [-0.05, 0) is 31.9 Å². The maximum absolute atomic E-state index is 12.8. The van der Waals surface area contributed by atoms with Crippen LogP contribution in [0.4, 0.5) is 5.69 Å². The normalized spacial score (nSPS) is 13.1. The van der Waals surface area contributed by atoms with Crippen molar-refractivity contribution >= 4 is 11.5 Å². The van der Waals surface area contributed by atoms with Crippen molar-refractivity contribution in [1.29, 1.82) is 0 Å². The van der Waals surface area contributed by atoms with Gasteiger partial charge in [-0.15, -0.1) is 0 Å². The van der Waals surface area contributed by atoms with Crippen LogP contribution in [0.25, 0.3) is 0 Å². The smallest absolute Gasteiger partial charge is 0.214 e. The van der Waals surface area contributed by atoms with Crippen molar-refractivity contribution in [3.63, 3.8) is 0 Å². The van der Waals surface area contributed by atoms with E-state index in [1.54, 1.807) is 18.0 Å². The zero-order valence-corrected chi connectivity index (χ0v) is 12.5. The van der Waals surface area contributed by atoms with Crippen molar-refractivity contribution in [2.75, 3.05) is 19.0 Å². The first-order valence-corrected chi connectivity index (χ1v) is 7.15. The lowest BCUT2D eigenvalue weighted by molar-refractivity contribution is 0.102. The lowest BCUT2D eigenvalue weighted by atomic mass is 10.0. The summed E-state index contributed by atoms with van der Waals surface area (Å²) in [5.41, 5.74) is 3.47. The third kappa shape index (κ3) is 2.28. The maximum Gasteiger partial charge on any atom is 0.214 e. The Morgan fingerprint density at radius 3 is 2.95 bits per heavy atom. The molecule has 110 valence electrons. The molecule has 2 heterocycles. The molecule has 0 radical (unpaired) electrons. The summed E-state index contributed by atoms with van der Waals surface area (Å²) in [6.45, 7) is 4.92. The van der Waals surface area contributed by atoms with Crippen LogP contribution in [-0.4, -0.2) is 29.2 Å². The second kappa shape index (κ2) is 5.24. The molecule has 21 heavy (non-hydrogen) atoms. The Hall–Kier alpha value is -2.30. The van der Waals surface area contributed by atoms with E-state index in [1.165, 1.54) is 5.56 Å². The molecule has 0 saturated heterocycles. The molecule has 0 fully saturated rings. The minimum absolute atomic E-state index is 0.0606. The second-order valence-corrected chi connectivity index (χ2v) is 5.48. The highest BCUT2D eigenvalue weighted by Gasteiger charge is 2.23. The lowest BCUT2D eigenvalue weighted by Crippen LogP contribution is -2.14. The van der Waals surface area contributed by atoms with Crippen LogP contribution >= 0.6 is 0 Å². The van der Waals surface area contributed by atoms with Crippen molar-refractivity contribution in [1.82, 2.24) is 9.78 Å². The summed E-state index contributed by atoms with van der Waals surface area (Å²) in [6.07, 6.45) is 2.61. The van der Waals surface area contributed by atoms with Gasteiger partial charge in [0.05, 0.1) is 13.3 Å². The Balaban J connectivity index is 2.04. The molecule has 3 rings (SSSR count). The number of rotatable bonds is 4. The van der Waals surface area contributed by atoms with E-state index in [1.807, 2.05) is 32.0 Å². The molecule has 0 unspecified atom stereocenters. The fraction of sp³-hybridized carbons (Fsp3) is 0.375. The molecular weight excluding hydrogens is 266 g/mol. The van der Waals surface area contributed by atoms with E-state index in [9.17, 15) is 4.79 Å².